The molecule has 364 valence electrons. The Labute approximate surface area is 384 Å². The highest BCUT2D eigenvalue weighted by atomic mass is 31.2. The summed E-state index contributed by atoms with van der Waals surface area (Å²) in [7, 11) is -4.64. The van der Waals surface area contributed by atoms with Crippen LogP contribution in [0, 0.1) is 0 Å². The third kappa shape index (κ3) is 47.2. The molecule has 0 aromatic heterocycles. The largest absolute Gasteiger partial charge is 0.472 e. The van der Waals surface area contributed by atoms with Gasteiger partial charge in [0, 0.05) is 12.8 Å². The van der Waals surface area contributed by atoms with Gasteiger partial charge in [0.15, 0.2) is 6.10 Å². The van der Waals surface area contributed by atoms with E-state index < -0.39 is 51.8 Å². The monoisotopic (exact) mass is 907 g/mol. The van der Waals surface area contributed by atoms with Crippen molar-refractivity contribution in [2.75, 3.05) is 26.4 Å². The minimum absolute atomic E-state index is 0.142. The van der Waals surface area contributed by atoms with Gasteiger partial charge in [0.25, 0.3) is 0 Å². The number of aliphatic hydroxyl groups is 2. The van der Waals surface area contributed by atoms with Crippen molar-refractivity contribution in [3.63, 3.8) is 0 Å². The molecule has 0 spiro atoms. The number of ether oxygens (including phenoxy) is 2. The summed E-state index contributed by atoms with van der Waals surface area (Å²) in [5.41, 5.74) is 0. The molecule has 0 aromatic rings. The number of esters is 2. The number of hydrogen-bond donors (Lipinski definition) is 3. The van der Waals surface area contributed by atoms with E-state index in [1.807, 2.05) is 0 Å². The van der Waals surface area contributed by atoms with E-state index in [1.54, 1.807) is 0 Å². The first-order chi connectivity index (χ1) is 30.7. The van der Waals surface area contributed by atoms with Crippen LogP contribution in [-0.4, -0.2) is 65.7 Å². The SMILES string of the molecule is CC/C=C/C/C=C/C/C=C/C/C=C/C/C=C/CCCCCC(=O)O[C@H](COC(=O)CCCCCCCCCCCCC/C=C/CCCCCCCC)COP(=O)(O)OC[C@@H](O)CO. The Morgan fingerprint density at radius 1 is 0.492 bits per heavy atom. The van der Waals surface area contributed by atoms with Crippen LogP contribution in [0.4, 0.5) is 0 Å². The van der Waals surface area contributed by atoms with Crippen molar-refractivity contribution in [1.82, 2.24) is 0 Å². The fraction of sp³-hybridized carbons (Fsp3) is 0.731. The molecule has 0 rings (SSSR count). The molecule has 11 heteroatoms. The summed E-state index contributed by atoms with van der Waals surface area (Å²) in [5.74, 6) is -0.963. The molecule has 0 aliphatic carbocycles. The standard InChI is InChI=1S/C52H91O10P/c1-3-5-7-9-11-13-15-17-19-21-23-24-26-27-29-31-33-35-37-39-41-43-51(55)59-47-50(48-61-63(57,58)60-46-49(54)45-53)62-52(56)44-42-40-38-36-34-32-30-28-25-22-20-18-16-14-12-10-8-6-4-2/h6,8,12,14,17-20,25,28,32,34,49-50,53-54H,3-5,7,9-11,13,15-16,21-24,26-27,29-31,33,35-48H2,1-2H3,(H,57,58)/b8-6+,14-12+,19-17+,20-18+,28-25+,34-32+/t49-,50+/m0/s1. The van der Waals surface area contributed by atoms with Gasteiger partial charge in [0.2, 0.25) is 0 Å². The fourth-order valence-corrected chi connectivity index (χ4v) is 7.33. The van der Waals surface area contributed by atoms with E-state index in [0.29, 0.717) is 12.8 Å². The average molecular weight is 907 g/mol. The Kier molecular flexibility index (Phi) is 45.4. The van der Waals surface area contributed by atoms with Crippen LogP contribution in [-0.2, 0) is 32.7 Å². The smallest absolute Gasteiger partial charge is 0.462 e. The van der Waals surface area contributed by atoms with Crippen molar-refractivity contribution in [1.29, 1.82) is 0 Å². The van der Waals surface area contributed by atoms with E-state index in [9.17, 15) is 24.2 Å². The number of hydrogen-bond acceptors (Lipinski definition) is 9. The average Bonchev–Trinajstić information content (AvgIpc) is 3.27. The van der Waals surface area contributed by atoms with Gasteiger partial charge in [-0.15, -0.1) is 0 Å². The number of aliphatic hydroxyl groups excluding tert-OH is 2. The molecular weight excluding hydrogens is 816 g/mol. The summed E-state index contributed by atoms with van der Waals surface area (Å²) >= 11 is 0. The zero-order chi connectivity index (χ0) is 46.2. The normalized spacial score (nSPS) is 14.3. The van der Waals surface area contributed by atoms with Crippen LogP contribution < -0.4 is 0 Å². The Morgan fingerprint density at radius 3 is 1.35 bits per heavy atom. The number of rotatable bonds is 46. The Balaban J connectivity index is 4.26. The summed E-state index contributed by atoms with van der Waals surface area (Å²) in [6, 6.07) is 0. The molecular formula is C52H91O10P. The summed E-state index contributed by atoms with van der Waals surface area (Å²) in [4.78, 5) is 35.1. The van der Waals surface area contributed by atoms with Gasteiger partial charge in [0.1, 0.15) is 12.7 Å². The molecule has 0 saturated carbocycles. The van der Waals surface area contributed by atoms with Crippen LogP contribution >= 0.6 is 7.82 Å². The van der Waals surface area contributed by atoms with Gasteiger partial charge in [-0.2, -0.15) is 0 Å². The highest BCUT2D eigenvalue weighted by Crippen LogP contribution is 2.43. The van der Waals surface area contributed by atoms with Crippen LogP contribution in [0.5, 0.6) is 0 Å². The van der Waals surface area contributed by atoms with E-state index >= 15 is 0 Å². The van der Waals surface area contributed by atoms with Gasteiger partial charge in [-0.3, -0.25) is 18.6 Å². The first-order valence-electron chi connectivity index (χ1n) is 24.9. The quantitative estimate of drug-likeness (QED) is 0.0233. The molecule has 0 bridgehead atoms. The molecule has 0 heterocycles. The van der Waals surface area contributed by atoms with Gasteiger partial charge in [-0.05, 0) is 83.5 Å². The lowest BCUT2D eigenvalue weighted by molar-refractivity contribution is -0.161. The van der Waals surface area contributed by atoms with E-state index in [2.05, 4.69) is 86.8 Å². The Morgan fingerprint density at radius 2 is 0.873 bits per heavy atom. The zero-order valence-corrected chi connectivity index (χ0v) is 40.7. The summed E-state index contributed by atoms with van der Waals surface area (Å²) < 4.78 is 32.8. The molecule has 0 aliphatic rings. The van der Waals surface area contributed by atoms with Crippen LogP contribution in [0.3, 0.4) is 0 Å². The first-order valence-corrected chi connectivity index (χ1v) is 26.4. The first kappa shape index (κ1) is 60.4. The third-order valence-electron chi connectivity index (χ3n) is 10.3. The number of phosphoric acid groups is 1. The lowest BCUT2D eigenvalue weighted by Gasteiger charge is -2.20. The Hall–Kier alpha value is -2.59. The van der Waals surface area contributed by atoms with Gasteiger partial charge in [0.05, 0.1) is 19.8 Å². The van der Waals surface area contributed by atoms with Crippen LogP contribution in [0.1, 0.15) is 206 Å². The number of carbonyl (C=O) groups excluding carboxylic acids is 2. The molecule has 0 fully saturated rings. The van der Waals surface area contributed by atoms with Crippen molar-refractivity contribution < 1.29 is 47.8 Å². The van der Waals surface area contributed by atoms with E-state index in [4.69, 9.17) is 23.6 Å². The molecule has 0 radical (unpaired) electrons. The lowest BCUT2D eigenvalue weighted by atomic mass is 10.0. The second kappa shape index (κ2) is 47.4. The van der Waals surface area contributed by atoms with Crippen LogP contribution in [0.25, 0.3) is 0 Å². The number of unbranched alkanes of at least 4 members (excludes halogenated alkanes) is 20. The maximum absolute atomic E-state index is 12.7. The molecule has 3 N–H and O–H groups in total. The van der Waals surface area contributed by atoms with Gasteiger partial charge in [-0.25, -0.2) is 4.57 Å². The van der Waals surface area contributed by atoms with Crippen LogP contribution in [0.2, 0.25) is 0 Å². The summed E-state index contributed by atoms with van der Waals surface area (Å²) in [6.07, 6.45) is 55.8. The number of carbonyl (C=O) groups is 2. The minimum Gasteiger partial charge on any atom is -0.462 e. The van der Waals surface area contributed by atoms with Crippen LogP contribution in [0.15, 0.2) is 72.9 Å². The van der Waals surface area contributed by atoms with E-state index in [-0.39, 0.29) is 19.4 Å². The number of phosphoric ester groups is 1. The van der Waals surface area contributed by atoms with Gasteiger partial charge >= 0.3 is 19.8 Å². The maximum Gasteiger partial charge on any atom is 0.472 e. The molecule has 0 amide bonds. The molecule has 1 unspecified atom stereocenters. The third-order valence-corrected chi connectivity index (χ3v) is 11.3. The Bertz CT molecular complexity index is 1270. The van der Waals surface area contributed by atoms with Crippen molar-refractivity contribution in [3.8, 4) is 0 Å². The number of allylic oxidation sites excluding steroid dienone is 12. The summed E-state index contributed by atoms with van der Waals surface area (Å²) in [5, 5.41) is 18.4. The zero-order valence-electron chi connectivity index (χ0n) is 39.8. The minimum atomic E-state index is -4.64. The molecule has 63 heavy (non-hydrogen) atoms. The molecule has 10 nitrogen and oxygen atoms in total. The van der Waals surface area contributed by atoms with Gasteiger partial charge < -0.3 is 24.6 Å². The molecule has 0 aromatic carbocycles. The van der Waals surface area contributed by atoms with Gasteiger partial charge in [-0.1, -0.05) is 183 Å². The van der Waals surface area contributed by atoms with Crippen molar-refractivity contribution in [2.24, 2.45) is 0 Å². The highest BCUT2D eigenvalue weighted by Gasteiger charge is 2.27. The van der Waals surface area contributed by atoms with E-state index in [1.165, 1.54) is 96.3 Å². The topological polar surface area (TPSA) is 149 Å². The van der Waals surface area contributed by atoms with E-state index in [0.717, 1.165) is 70.6 Å². The highest BCUT2D eigenvalue weighted by molar-refractivity contribution is 7.47. The predicted molar refractivity (Wildman–Crippen MR) is 260 cm³/mol. The lowest BCUT2D eigenvalue weighted by Crippen LogP contribution is -2.29. The van der Waals surface area contributed by atoms with Crippen molar-refractivity contribution >= 4 is 19.8 Å². The molecule has 0 saturated heterocycles. The second-order valence-corrected chi connectivity index (χ2v) is 17.9. The molecule has 3 atom stereocenters. The molecule has 0 aliphatic heterocycles. The fourth-order valence-electron chi connectivity index (χ4n) is 6.54. The second-order valence-electron chi connectivity index (χ2n) is 16.5. The summed E-state index contributed by atoms with van der Waals surface area (Å²) in [6.45, 7) is 2.24. The van der Waals surface area contributed by atoms with Crippen molar-refractivity contribution in [3.05, 3.63) is 72.9 Å². The van der Waals surface area contributed by atoms with Crippen molar-refractivity contribution in [2.45, 2.75) is 219 Å². The maximum atomic E-state index is 12.7. The predicted octanol–water partition coefficient (Wildman–Crippen LogP) is 14.0.